The minimum atomic E-state index is -4.40. The summed E-state index contributed by atoms with van der Waals surface area (Å²) >= 11 is 0. The van der Waals surface area contributed by atoms with Crippen molar-refractivity contribution >= 4 is 5.91 Å². The van der Waals surface area contributed by atoms with E-state index in [4.69, 9.17) is 5.73 Å². The van der Waals surface area contributed by atoms with Crippen molar-refractivity contribution in [3.05, 3.63) is 29.6 Å². The summed E-state index contributed by atoms with van der Waals surface area (Å²) in [6.07, 6.45) is -2.69. The van der Waals surface area contributed by atoms with Gasteiger partial charge in [0, 0.05) is 24.2 Å². The molecule has 1 aromatic heterocycles. The first-order valence-corrected chi connectivity index (χ1v) is 5.16. The first kappa shape index (κ1) is 13.5. The Hall–Kier alpha value is -1.59. The normalized spacial score (nSPS) is 13.4. The van der Waals surface area contributed by atoms with Gasteiger partial charge in [-0.05, 0) is 18.6 Å². The summed E-state index contributed by atoms with van der Waals surface area (Å²) in [5.74, 6) is -1.00. The van der Waals surface area contributed by atoms with Crippen molar-refractivity contribution in [2.75, 3.05) is 0 Å². The van der Waals surface area contributed by atoms with Gasteiger partial charge in [-0.3, -0.25) is 9.78 Å². The van der Waals surface area contributed by atoms with E-state index in [-0.39, 0.29) is 12.1 Å². The highest BCUT2D eigenvalue weighted by molar-refractivity contribution is 5.76. The predicted octanol–water partition coefficient (Wildman–Crippen LogP) is 2.15. The Bertz CT molecular complexity index is 404. The van der Waals surface area contributed by atoms with Gasteiger partial charge in [-0.25, -0.2) is 0 Å². The van der Waals surface area contributed by atoms with Gasteiger partial charge in [0.15, 0.2) is 0 Å². The second kappa shape index (κ2) is 5.16. The molecule has 0 radical (unpaired) electrons. The number of pyridine rings is 1. The minimum Gasteiger partial charge on any atom is -0.369 e. The van der Waals surface area contributed by atoms with Crippen LogP contribution >= 0.6 is 0 Å². The Balaban J connectivity index is 2.89. The lowest BCUT2D eigenvalue weighted by atomic mass is 9.99. The zero-order valence-electron chi connectivity index (χ0n) is 9.29. The molecule has 0 spiro atoms. The van der Waals surface area contributed by atoms with Crippen LogP contribution in [-0.2, 0) is 17.4 Å². The summed E-state index contributed by atoms with van der Waals surface area (Å²) in [6.45, 7) is 1.75. The number of aromatic nitrogens is 1. The number of alkyl halides is 3. The van der Waals surface area contributed by atoms with Crippen LogP contribution in [0, 0.1) is 5.92 Å². The largest absolute Gasteiger partial charge is 0.416 e. The van der Waals surface area contributed by atoms with Crippen LogP contribution in [0.2, 0.25) is 0 Å². The van der Waals surface area contributed by atoms with Crippen LogP contribution in [0.15, 0.2) is 18.3 Å². The Morgan fingerprint density at radius 1 is 1.53 bits per heavy atom. The summed E-state index contributed by atoms with van der Waals surface area (Å²) < 4.78 is 37.3. The van der Waals surface area contributed by atoms with Crippen LogP contribution in [0.25, 0.3) is 0 Å². The fourth-order valence-electron chi connectivity index (χ4n) is 1.46. The molecule has 0 aromatic carbocycles. The lowest BCUT2D eigenvalue weighted by Crippen LogP contribution is -2.24. The van der Waals surface area contributed by atoms with Gasteiger partial charge in [0.25, 0.3) is 0 Å². The van der Waals surface area contributed by atoms with E-state index in [1.807, 2.05) is 0 Å². The van der Waals surface area contributed by atoms with E-state index in [2.05, 4.69) is 4.98 Å². The number of halogens is 3. The highest BCUT2D eigenvalue weighted by Gasteiger charge is 2.30. The second-order valence-electron chi connectivity index (χ2n) is 3.75. The van der Waals surface area contributed by atoms with Gasteiger partial charge in [0.2, 0.25) is 5.91 Å². The van der Waals surface area contributed by atoms with Crippen molar-refractivity contribution in [1.29, 1.82) is 0 Å². The molecule has 0 fully saturated rings. The quantitative estimate of drug-likeness (QED) is 0.885. The van der Waals surface area contributed by atoms with Gasteiger partial charge < -0.3 is 5.73 Å². The summed E-state index contributed by atoms with van der Waals surface area (Å²) in [5.41, 5.74) is 4.60. The number of hydrogen-bond acceptors (Lipinski definition) is 2. The lowest BCUT2D eigenvalue weighted by Gasteiger charge is -2.12. The minimum absolute atomic E-state index is 0.135. The summed E-state index contributed by atoms with van der Waals surface area (Å²) in [4.78, 5) is 14.8. The Labute approximate surface area is 96.8 Å². The molecule has 1 aromatic rings. The summed E-state index contributed by atoms with van der Waals surface area (Å²) in [5, 5.41) is 0. The second-order valence-corrected chi connectivity index (χ2v) is 3.75. The van der Waals surface area contributed by atoms with Crippen molar-refractivity contribution < 1.29 is 18.0 Å². The van der Waals surface area contributed by atoms with Crippen LogP contribution in [0.1, 0.15) is 24.6 Å². The summed E-state index contributed by atoms with van der Waals surface area (Å²) in [6, 6.07) is 1.85. The van der Waals surface area contributed by atoms with Crippen LogP contribution < -0.4 is 5.73 Å². The highest BCUT2D eigenvalue weighted by Crippen LogP contribution is 2.29. The SMILES string of the molecule is CCC(Cc1cc(C(F)(F)F)ccn1)C(N)=O. The molecular weight excluding hydrogens is 233 g/mol. The molecule has 0 saturated carbocycles. The number of carbonyl (C=O) groups is 1. The number of amides is 1. The molecule has 1 amide bonds. The smallest absolute Gasteiger partial charge is 0.369 e. The van der Waals surface area contributed by atoms with Crippen molar-refractivity contribution in [1.82, 2.24) is 4.98 Å². The Morgan fingerprint density at radius 2 is 2.18 bits per heavy atom. The monoisotopic (exact) mass is 246 g/mol. The molecule has 1 rings (SSSR count). The molecule has 1 unspecified atom stereocenters. The number of rotatable bonds is 4. The number of hydrogen-bond donors (Lipinski definition) is 1. The molecule has 6 heteroatoms. The molecule has 17 heavy (non-hydrogen) atoms. The molecule has 1 heterocycles. The topological polar surface area (TPSA) is 56.0 Å². The third-order valence-electron chi connectivity index (χ3n) is 2.49. The van der Waals surface area contributed by atoms with E-state index in [1.54, 1.807) is 6.92 Å². The summed E-state index contributed by atoms with van der Waals surface area (Å²) in [7, 11) is 0. The van der Waals surface area contributed by atoms with Gasteiger partial charge in [-0.15, -0.1) is 0 Å². The van der Waals surface area contributed by atoms with Crippen LogP contribution in [0.3, 0.4) is 0 Å². The van der Waals surface area contributed by atoms with Gasteiger partial charge >= 0.3 is 6.18 Å². The molecular formula is C11H13F3N2O. The molecule has 3 nitrogen and oxygen atoms in total. The molecule has 0 saturated heterocycles. The standard InChI is InChI=1S/C11H13F3N2O/c1-2-7(10(15)17)5-9-6-8(3-4-16-9)11(12,13)14/h3-4,6-7H,2,5H2,1H3,(H2,15,17). The average Bonchev–Trinajstić information content (AvgIpc) is 2.24. The van der Waals surface area contributed by atoms with Gasteiger partial charge in [0.05, 0.1) is 5.56 Å². The molecule has 0 aliphatic rings. The van der Waals surface area contributed by atoms with Gasteiger partial charge in [-0.2, -0.15) is 13.2 Å². The number of primary amides is 1. The van der Waals surface area contributed by atoms with E-state index in [0.29, 0.717) is 6.42 Å². The fourth-order valence-corrected chi connectivity index (χ4v) is 1.46. The van der Waals surface area contributed by atoms with E-state index in [9.17, 15) is 18.0 Å². The van der Waals surface area contributed by atoms with Crippen molar-refractivity contribution in [3.63, 3.8) is 0 Å². The zero-order valence-corrected chi connectivity index (χ0v) is 9.29. The first-order valence-electron chi connectivity index (χ1n) is 5.16. The van der Waals surface area contributed by atoms with Gasteiger partial charge in [-0.1, -0.05) is 6.92 Å². The van der Waals surface area contributed by atoms with Crippen LogP contribution in [0.4, 0.5) is 13.2 Å². The van der Waals surface area contributed by atoms with E-state index in [0.717, 1.165) is 18.3 Å². The molecule has 94 valence electrons. The van der Waals surface area contributed by atoms with Crippen molar-refractivity contribution in [2.24, 2.45) is 11.7 Å². The first-order chi connectivity index (χ1) is 7.84. The number of carbonyl (C=O) groups excluding carboxylic acids is 1. The molecule has 0 aliphatic heterocycles. The van der Waals surface area contributed by atoms with E-state index >= 15 is 0 Å². The highest BCUT2D eigenvalue weighted by atomic mass is 19.4. The van der Waals surface area contributed by atoms with E-state index in [1.165, 1.54) is 0 Å². The number of nitrogens with zero attached hydrogens (tertiary/aromatic N) is 1. The average molecular weight is 246 g/mol. The number of nitrogens with two attached hydrogens (primary N) is 1. The third-order valence-corrected chi connectivity index (χ3v) is 2.49. The maximum atomic E-state index is 12.4. The van der Waals surface area contributed by atoms with Crippen molar-refractivity contribution in [2.45, 2.75) is 25.9 Å². The maximum Gasteiger partial charge on any atom is 0.416 e. The fraction of sp³-hybridized carbons (Fsp3) is 0.455. The lowest BCUT2D eigenvalue weighted by molar-refractivity contribution is -0.137. The van der Waals surface area contributed by atoms with Gasteiger partial charge in [0.1, 0.15) is 0 Å². The Morgan fingerprint density at radius 3 is 2.65 bits per heavy atom. The van der Waals surface area contributed by atoms with Crippen LogP contribution in [0.5, 0.6) is 0 Å². The molecule has 0 aliphatic carbocycles. The van der Waals surface area contributed by atoms with E-state index < -0.39 is 23.6 Å². The predicted molar refractivity (Wildman–Crippen MR) is 55.9 cm³/mol. The Kier molecular flexibility index (Phi) is 4.09. The molecule has 2 N–H and O–H groups in total. The third kappa shape index (κ3) is 3.72. The maximum absolute atomic E-state index is 12.4. The van der Waals surface area contributed by atoms with Crippen LogP contribution in [-0.4, -0.2) is 10.9 Å². The zero-order chi connectivity index (χ0) is 13.1. The molecule has 1 atom stereocenters. The van der Waals surface area contributed by atoms with Crippen molar-refractivity contribution in [3.8, 4) is 0 Å². The molecule has 0 bridgehead atoms.